The number of halogens is 1. The highest BCUT2D eigenvalue weighted by Crippen LogP contribution is 2.13. The predicted octanol–water partition coefficient (Wildman–Crippen LogP) is -0.0901. The molecule has 2 saturated heterocycles. The first-order valence-electron chi connectivity index (χ1n) is 8.69. The Bertz CT molecular complexity index is 706. The Labute approximate surface area is 181 Å². The Morgan fingerprint density at radius 3 is 2.37 bits per heavy atom. The molecule has 0 amide bonds. The van der Waals surface area contributed by atoms with Crippen molar-refractivity contribution >= 4 is 57.7 Å². The van der Waals surface area contributed by atoms with E-state index in [0.29, 0.717) is 38.1 Å². The molecular weight excluding hydrogens is 501 g/mol. The fourth-order valence-electron chi connectivity index (χ4n) is 2.92. The zero-order valence-corrected chi connectivity index (χ0v) is 19.1. The number of sulfonamides is 1. The second-order valence-corrected chi connectivity index (χ2v) is 9.40. The van der Waals surface area contributed by atoms with Gasteiger partial charge in [-0.15, -0.1) is 24.0 Å². The minimum absolute atomic E-state index is 0. The highest BCUT2D eigenvalue weighted by atomic mass is 127. The van der Waals surface area contributed by atoms with Crippen molar-refractivity contribution in [1.29, 1.82) is 0 Å². The van der Waals surface area contributed by atoms with Crippen LogP contribution >= 0.6 is 35.7 Å². The van der Waals surface area contributed by atoms with E-state index in [4.69, 9.17) is 5.73 Å². The van der Waals surface area contributed by atoms with Crippen LogP contribution in [0.15, 0.2) is 23.5 Å². The Hall–Kier alpha value is -0.860. The van der Waals surface area contributed by atoms with Crippen molar-refractivity contribution in [1.82, 2.24) is 19.2 Å². The van der Waals surface area contributed by atoms with Gasteiger partial charge in [-0.2, -0.15) is 11.8 Å². The minimum Gasteiger partial charge on any atom is -0.370 e. The molecule has 1 aromatic rings. The Morgan fingerprint density at radius 2 is 1.74 bits per heavy atom. The molecule has 0 saturated carbocycles. The van der Waals surface area contributed by atoms with Gasteiger partial charge in [0.2, 0.25) is 16.0 Å². The number of hydrogen-bond acceptors (Lipinski definition) is 7. The predicted molar refractivity (Wildman–Crippen MR) is 120 cm³/mol. The Kier molecular flexibility index (Phi) is 8.82. The third-order valence-electron chi connectivity index (χ3n) is 4.43. The van der Waals surface area contributed by atoms with E-state index in [1.807, 2.05) is 4.90 Å². The van der Waals surface area contributed by atoms with E-state index in [0.717, 1.165) is 24.6 Å². The lowest BCUT2D eigenvalue weighted by molar-refractivity contribution is 0.378. The first-order chi connectivity index (χ1) is 12.6. The van der Waals surface area contributed by atoms with Gasteiger partial charge in [0.05, 0.1) is 12.3 Å². The summed E-state index contributed by atoms with van der Waals surface area (Å²) in [5, 5.41) is 0. The number of thioether (sulfide) groups is 1. The van der Waals surface area contributed by atoms with Gasteiger partial charge in [0.1, 0.15) is 0 Å². The maximum atomic E-state index is 12.3. The highest BCUT2D eigenvalue weighted by molar-refractivity contribution is 14.0. The first-order valence-corrected chi connectivity index (χ1v) is 11.4. The molecule has 0 radical (unpaired) electrons. The Balaban J connectivity index is 0.00000261. The van der Waals surface area contributed by atoms with E-state index < -0.39 is 10.0 Å². The fourth-order valence-corrected chi connectivity index (χ4v) is 5.37. The number of hydrogen-bond donors (Lipinski definition) is 1. The molecule has 1 aromatic heterocycles. The van der Waals surface area contributed by atoms with E-state index in [-0.39, 0.29) is 36.3 Å². The third kappa shape index (κ3) is 6.32. The van der Waals surface area contributed by atoms with Gasteiger partial charge in [-0.05, 0) is 6.07 Å². The number of aliphatic imine (C=N–C) groups is 1. The topological polar surface area (TPSA) is 108 Å². The van der Waals surface area contributed by atoms with Crippen LogP contribution in [0.25, 0.3) is 0 Å². The smallest absolute Gasteiger partial charge is 0.225 e. The van der Waals surface area contributed by atoms with Gasteiger partial charge in [0.15, 0.2) is 5.96 Å². The molecular formula is C15H26IN7O2S2. The molecule has 0 spiro atoms. The minimum atomic E-state index is -3.24. The van der Waals surface area contributed by atoms with Crippen molar-refractivity contribution < 1.29 is 8.42 Å². The van der Waals surface area contributed by atoms with Crippen molar-refractivity contribution in [3.63, 3.8) is 0 Å². The quantitative estimate of drug-likeness (QED) is 0.322. The van der Waals surface area contributed by atoms with E-state index in [2.05, 4.69) is 19.9 Å². The summed E-state index contributed by atoms with van der Waals surface area (Å²) in [7, 11) is -3.24. The number of rotatable bonds is 5. The van der Waals surface area contributed by atoms with Crippen LogP contribution in [-0.4, -0.2) is 96.6 Å². The molecule has 2 aliphatic rings. The van der Waals surface area contributed by atoms with Crippen molar-refractivity contribution in [2.45, 2.75) is 0 Å². The second kappa shape index (κ2) is 10.6. The average molecular weight is 527 g/mol. The van der Waals surface area contributed by atoms with Gasteiger partial charge in [-0.25, -0.2) is 22.7 Å². The van der Waals surface area contributed by atoms with E-state index >= 15 is 0 Å². The fraction of sp³-hybridized carbons (Fsp3) is 0.667. The van der Waals surface area contributed by atoms with Gasteiger partial charge in [0.25, 0.3) is 0 Å². The third-order valence-corrected chi connectivity index (χ3v) is 7.22. The highest BCUT2D eigenvalue weighted by Gasteiger charge is 2.24. The summed E-state index contributed by atoms with van der Waals surface area (Å²) in [4.78, 5) is 16.9. The molecule has 9 nitrogen and oxygen atoms in total. The lowest BCUT2D eigenvalue weighted by atomic mass is 10.3. The molecule has 3 rings (SSSR count). The number of nitrogens with zero attached hydrogens (tertiary/aromatic N) is 6. The summed E-state index contributed by atoms with van der Waals surface area (Å²) in [6, 6.07) is 1.79. The summed E-state index contributed by atoms with van der Waals surface area (Å²) in [5.41, 5.74) is 6.05. The maximum absolute atomic E-state index is 12.3. The van der Waals surface area contributed by atoms with Gasteiger partial charge in [-0.3, -0.25) is 4.99 Å². The standard InChI is InChI=1S/C15H25N7O2S2.HI/c16-14(17-4-13-26(23,24)22-9-11-25-12-10-22)20-5-7-21(8-6-20)15-18-2-1-3-19-15;/h1-3H,4-13H2,(H2,16,17);1H. The van der Waals surface area contributed by atoms with Crippen molar-refractivity contribution in [3.05, 3.63) is 18.5 Å². The maximum Gasteiger partial charge on any atom is 0.225 e. The molecule has 2 N–H and O–H groups in total. The molecule has 152 valence electrons. The lowest BCUT2D eigenvalue weighted by Crippen LogP contribution is -2.51. The second-order valence-electron chi connectivity index (χ2n) is 6.09. The zero-order valence-electron chi connectivity index (χ0n) is 15.1. The molecule has 0 aromatic carbocycles. The molecule has 0 unspecified atom stereocenters. The van der Waals surface area contributed by atoms with Crippen LogP contribution in [0, 0.1) is 0 Å². The van der Waals surface area contributed by atoms with Crippen LogP contribution < -0.4 is 10.6 Å². The van der Waals surface area contributed by atoms with Gasteiger partial charge in [0, 0.05) is 63.2 Å². The van der Waals surface area contributed by atoms with Crippen LogP contribution in [0.5, 0.6) is 0 Å². The monoisotopic (exact) mass is 527 g/mol. The number of nitrogens with two attached hydrogens (primary N) is 1. The van der Waals surface area contributed by atoms with Crippen LogP contribution in [0.2, 0.25) is 0 Å². The van der Waals surface area contributed by atoms with Crippen molar-refractivity contribution in [2.24, 2.45) is 10.7 Å². The zero-order chi connectivity index (χ0) is 18.4. The van der Waals surface area contributed by atoms with Crippen LogP contribution in [0.3, 0.4) is 0 Å². The summed E-state index contributed by atoms with van der Waals surface area (Å²) >= 11 is 1.79. The summed E-state index contributed by atoms with van der Waals surface area (Å²) in [6.07, 6.45) is 3.46. The van der Waals surface area contributed by atoms with Crippen LogP contribution in [0.4, 0.5) is 5.95 Å². The van der Waals surface area contributed by atoms with Gasteiger partial charge in [-0.1, -0.05) is 0 Å². The lowest BCUT2D eigenvalue weighted by Gasteiger charge is -2.35. The number of piperazine rings is 1. The van der Waals surface area contributed by atoms with Crippen LogP contribution in [-0.2, 0) is 10.0 Å². The number of anilines is 1. The molecule has 2 aliphatic heterocycles. The SMILES string of the molecule is I.NC(=NCCS(=O)(=O)N1CCSCC1)N1CCN(c2ncccn2)CC1. The Morgan fingerprint density at radius 1 is 1.11 bits per heavy atom. The molecule has 0 atom stereocenters. The van der Waals surface area contributed by atoms with Gasteiger partial charge < -0.3 is 15.5 Å². The van der Waals surface area contributed by atoms with E-state index in [9.17, 15) is 8.42 Å². The van der Waals surface area contributed by atoms with Crippen LogP contribution in [0.1, 0.15) is 0 Å². The number of aromatic nitrogens is 2. The van der Waals surface area contributed by atoms with Crippen molar-refractivity contribution in [3.8, 4) is 0 Å². The largest absolute Gasteiger partial charge is 0.370 e. The van der Waals surface area contributed by atoms with Crippen molar-refractivity contribution in [2.75, 3.05) is 68.0 Å². The average Bonchev–Trinajstić information content (AvgIpc) is 2.69. The van der Waals surface area contributed by atoms with E-state index in [1.165, 1.54) is 0 Å². The van der Waals surface area contributed by atoms with Gasteiger partial charge >= 0.3 is 0 Å². The van der Waals surface area contributed by atoms with E-state index in [1.54, 1.807) is 34.5 Å². The normalized spacial score (nSPS) is 19.6. The first kappa shape index (κ1) is 22.4. The molecule has 0 bridgehead atoms. The summed E-state index contributed by atoms with van der Waals surface area (Å²) in [5.74, 6) is 2.85. The molecule has 27 heavy (non-hydrogen) atoms. The molecule has 0 aliphatic carbocycles. The molecule has 12 heteroatoms. The number of guanidine groups is 1. The summed E-state index contributed by atoms with van der Waals surface area (Å²) < 4.78 is 26.2. The summed E-state index contributed by atoms with van der Waals surface area (Å²) in [6.45, 7) is 4.31. The molecule has 3 heterocycles. The molecule has 2 fully saturated rings.